The Morgan fingerprint density at radius 1 is 1.11 bits per heavy atom. The molecule has 2 nitrogen and oxygen atoms in total. The lowest BCUT2D eigenvalue weighted by molar-refractivity contribution is 0.175. The maximum atomic E-state index is 3.70. The average Bonchev–Trinajstić information content (AvgIpc) is 2.60. The van der Waals surface area contributed by atoms with E-state index in [2.05, 4.69) is 40.5 Å². The predicted molar refractivity (Wildman–Crippen MR) is 75.6 cm³/mol. The summed E-state index contributed by atoms with van der Waals surface area (Å²) >= 11 is 0. The van der Waals surface area contributed by atoms with Crippen LogP contribution in [0.15, 0.2) is 30.3 Å². The lowest BCUT2D eigenvalue weighted by Gasteiger charge is -2.33. The Kier molecular flexibility index (Phi) is 3.96. The fourth-order valence-corrected chi connectivity index (χ4v) is 3.11. The van der Waals surface area contributed by atoms with Crippen molar-refractivity contribution in [2.45, 2.75) is 31.7 Å². The monoisotopic (exact) mass is 244 g/mol. The highest BCUT2D eigenvalue weighted by Crippen LogP contribution is 2.28. The molecule has 3 rings (SSSR count). The molecule has 1 heterocycles. The number of benzene rings is 1. The average molecular weight is 244 g/mol. The van der Waals surface area contributed by atoms with Gasteiger partial charge in [0.1, 0.15) is 0 Å². The molecule has 0 radical (unpaired) electrons. The molecule has 0 amide bonds. The van der Waals surface area contributed by atoms with Gasteiger partial charge in [-0.25, -0.2) is 0 Å². The molecule has 1 aliphatic heterocycles. The third kappa shape index (κ3) is 2.93. The van der Waals surface area contributed by atoms with Crippen LogP contribution in [0.25, 0.3) is 0 Å². The molecular formula is C16H24N2. The Labute approximate surface area is 110 Å². The van der Waals surface area contributed by atoms with Crippen LogP contribution < -0.4 is 5.32 Å². The molecule has 2 aliphatic rings. The van der Waals surface area contributed by atoms with E-state index >= 15 is 0 Å². The molecule has 1 aromatic rings. The molecule has 1 aliphatic carbocycles. The van der Waals surface area contributed by atoms with Crippen LogP contribution in [-0.2, 0) is 0 Å². The Morgan fingerprint density at radius 3 is 2.67 bits per heavy atom. The van der Waals surface area contributed by atoms with Gasteiger partial charge in [-0.1, -0.05) is 36.8 Å². The predicted octanol–water partition coefficient (Wildman–Crippen LogP) is 2.82. The first kappa shape index (κ1) is 12.2. The minimum atomic E-state index is 0.522. The molecule has 0 spiro atoms. The van der Waals surface area contributed by atoms with Gasteiger partial charge in [-0.05, 0) is 43.8 Å². The van der Waals surface area contributed by atoms with E-state index in [1.165, 1.54) is 50.9 Å². The first-order valence-corrected chi connectivity index (χ1v) is 7.42. The van der Waals surface area contributed by atoms with Gasteiger partial charge in [0.05, 0.1) is 0 Å². The topological polar surface area (TPSA) is 15.3 Å². The summed E-state index contributed by atoms with van der Waals surface area (Å²) in [6.45, 7) is 4.93. The van der Waals surface area contributed by atoms with Gasteiger partial charge in [-0.3, -0.25) is 0 Å². The van der Waals surface area contributed by atoms with Crippen LogP contribution in [0, 0.1) is 5.92 Å². The van der Waals surface area contributed by atoms with E-state index < -0.39 is 0 Å². The van der Waals surface area contributed by atoms with Gasteiger partial charge in [-0.15, -0.1) is 0 Å². The van der Waals surface area contributed by atoms with Gasteiger partial charge >= 0.3 is 0 Å². The highest BCUT2D eigenvalue weighted by atomic mass is 15.2. The number of nitrogens with zero attached hydrogens (tertiary/aromatic N) is 1. The van der Waals surface area contributed by atoms with Crippen LogP contribution in [0.4, 0.5) is 0 Å². The second-order valence-electron chi connectivity index (χ2n) is 5.83. The maximum absolute atomic E-state index is 3.70. The van der Waals surface area contributed by atoms with Crippen LogP contribution in [0.1, 0.15) is 37.3 Å². The lowest BCUT2D eigenvalue weighted by Crippen LogP contribution is -2.36. The van der Waals surface area contributed by atoms with E-state index in [1.807, 2.05) is 0 Å². The zero-order valence-corrected chi connectivity index (χ0v) is 11.1. The largest absolute Gasteiger partial charge is 0.309 e. The zero-order valence-electron chi connectivity index (χ0n) is 11.1. The summed E-state index contributed by atoms with van der Waals surface area (Å²) in [6, 6.07) is 11.4. The third-order valence-electron chi connectivity index (χ3n) is 4.43. The van der Waals surface area contributed by atoms with Gasteiger partial charge in [0.2, 0.25) is 0 Å². The summed E-state index contributed by atoms with van der Waals surface area (Å²) in [6.07, 6.45) is 5.66. The summed E-state index contributed by atoms with van der Waals surface area (Å²) in [5.41, 5.74) is 1.44. The second-order valence-corrected chi connectivity index (χ2v) is 5.83. The van der Waals surface area contributed by atoms with Crippen molar-refractivity contribution in [1.29, 1.82) is 0 Å². The van der Waals surface area contributed by atoms with E-state index in [4.69, 9.17) is 0 Å². The van der Waals surface area contributed by atoms with E-state index in [9.17, 15) is 0 Å². The number of rotatable bonds is 3. The molecule has 1 saturated heterocycles. The molecule has 0 aromatic heterocycles. The zero-order chi connectivity index (χ0) is 12.2. The Morgan fingerprint density at radius 2 is 1.94 bits per heavy atom. The Hall–Kier alpha value is -0.860. The molecule has 1 unspecified atom stereocenters. The smallest absolute Gasteiger partial charge is 0.0449 e. The van der Waals surface area contributed by atoms with Crippen molar-refractivity contribution < 1.29 is 0 Å². The molecule has 0 bridgehead atoms. The van der Waals surface area contributed by atoms with Gasteiger partial charge in [-0.2, -0.15) is 0 Å². The minimum absolute atomic E-state index is 0.522. The minimum Gasteiger partial charge on any atom is -0.309 e. The highest BCUT2D eigenvalue weighted by molar-refractivity contribution is 5.19. The van der Waals surface area contributed by atoms with E-state index in [1.54, 1.807) is 0 Å². The molecule has 1 aromatic carbocycles. The summed E-state index contributed by atoms with van der Waals surface area (Å²) in [7, 11) is 0. The van der Waals surface area contributed by atoms with Crippen molar-refractivity contribution >= 4 is 0 Å². The van der Waals surface area contributed by atoms with E-state index in [0.29, 0.717) is 6.04 Å². The number of hydrogen-bond acceptors (Lipinski definition) is 2. The van der Waals surface area contributed by atoms with Crippen LogP contribution in [-0.4, -0.2) is 31.1 Å². The fourth-order valence-electron chi connectivity index (χ4n) is 3.11. The number of hydrogen-bond donors (Lipinski definition) is 1. The van der Waals surface area contributed by atoms with E-state index in [0.717, 1.165) is 12.5 Å². The van der Waals surface area contributed by atoms with Crippen LogP contribution in [0.3, 0.4) is 0 Å². The summed E-state index contributed by atoms with van der Waals surface area (Å²) in [5.74, 6) is 0.986. The van der Waals surface area contributed by atoms with Crippen molar-refractivity contribution in [3.05, 3.63) is 35.9 Å². The standard InChI is InChI=1S/C16H24N2/c1-2-8-15(9-3-1)16-13-18(11-5-10-17-16)12-14-6-4-7-14/h1-3,8-9,14,16-17H,4-7,10-13H2. The van der Waals surface area contributed by atoms with Gasteiger partial charge in [0, 0.05) is 19.1 Å². The normalized spacial score (nSPS) is 26.6. The third-order valence-corrected chi connectivity index (χ3v) is 4.43. The van der Waals surface area contributed by atoms with Gasteiger partial charge < -0.3 is 10.2 Å². The SMILES string of the molecule is c1ccc(C2CN(CC3CCC3)CCCN2)cc1. The Balaban J connectivity index is 1.63. The second kappa shape index (κ2) is 5.85. The Bertz CT molecular complexity index is 359. The van der Waals surface area contributed by atoms with Crippen molar-refractivity contribution in [2.75, 3.05) is 26.2 Å². The highest BCUT2D eigenvalue weighted by Gasteiger charge is 2.24. The summed E-state index contributed by atoms with van der Waals surface area (Å²) in [4.78, 5) is 2.68. The van der Waals surface area contributed by atoms with E-state index in [-0.39, 0.29) is 0 Å². The quantitative estimate of drug-likeness (QED) is 0.879. The van der Waals surface area contributed by atoms with Crippen LogP contribution >= 0.6 is 0 Å². The summed E-state index contributed by atoms with van der Waals surface area (Å²) < 4.78 is 0. The molecule has 2 fully saturated rings. The molecular weight excluding hydrogens is 220 g/mol. The molecule has 18 heavy (non-hydrogen) atoms. The maximum Gasteiger partial charge on any atom is 0.0449 e. The lowest BCUT2D eigenvalue weighted by atomic mass is 9.85. The first-order valence-electron chi connectivity index (χ1n) is 7.42. The summed E-state index contributed by atoms with van der Waals surface area (Å²) in [5, 5.41) is 3.70. The van der Waals surface area contributed by atoms with Crippen molar-refractivity contribution in [1.82, 2.24) is 10.2 Å². The molecule has 1 atom stereocenters. The van der Waals surface area contributed by atoms with Gasteiger partial charge in [0.15, 0.2) is 0 Å². The molecule has 1 saturated carbocycles. The number of nitrogens with one attached hydrogen (secondary N) is 1. The van der Waals surface area contributed by atoms with Gasteiger partial charge in [0.25, 0.3) is 0 Å². The van der Waals surface area contributed by atoms with Crippen molar-refractivity contribution in [2.24, 2.45) is 5.92 Å². The first-order chi connectivity index (χ1) is 8.92. The van der Waals surface area contributed by atoms with Crippen LogP contribution in [0.5, 0.6) is 0 Å². The van der Waals surface area contributed by atoms with Crippen molar-refractivity contribution in [3.8, 4) is 0 Å². The molecule has 98 valence electrons. The van der Waals surface area contributed by atoms with Crippen molar-refractivity contribution in [3.63, 3.8) is 0 Å². The fraction of sp³-hybridized carbons (Fsp3) is 0.625. The molecule has 2 heteroatoms. The van der Waals surface area contributed by atoms with Crippen LogP contribution in [0.2, 0.25) is 0 Å². The molecule has 1 N–H and O–H groups in total.